The minimum absolute atomic E-state index is 0.673. The molecule has 1 aromatic carbocycles. The van der Waals surface area contributed by atoms with Gasteiger partial charge in [-0.2, -0.15) is 0 Å². The minimum atomic E-state index is 0.673. The Morgan fingerprint density at radius 2 is 2.00 bits per heavy atom. The zero-order valence-electron chi connectivity index (χ0n) is 10.8. The first-order chi connectivity index (χ1) is 9.15. The first kappa shape index (κ1) is 12.0. The summed E-state index contributed by atoms with van der Waals surface area (Å²) < 4.78 is 0.673. The van der Waals surface area contributed by atoms with Gasteiger partial charge in [0.2, 0.25) is 0 Å². The molecule has 3 aromatic rings. The number of rotatable bonds is 1. The lowest BCUT2D eigenvalue weighted by molar-refractivity contribution is 1.04. The number of nitrogens with one attached hydrogen (secondary N) is 1. The SMILES string of the molecule is Cc1nc(-c2ccc3ncccc3c2)c(=S)[nH]c1C. The molecule has 2 aromatic heterocycles. The van der Waals surface area contributed by atoms with Gasteiger partial charge in [0.15, 0.2) is 0 Å². The molecule has 94 valence electrons. The lowest BCUT2D eigenvalue weighted by Crippen LogP contribution is -1.96. The highest BCUT2D eigenvalue weighted by Crippen LogP contribution is 2.23. The standard InChI is InChI=1S/C15H13N3S/c1-9-10(2)18-15(19)14(17-9)12-5-6-13-11(8-12)4-3-7-16-13/h3-8H,1-2H3,(H,18,19). The van der Waals surface area contributed by atoms with Crippen molar-refractivity contribution in [3.8, 4) is 11.3 Å². The number of aromatic nitrogens is 3. The Bertz CT molecular complexity index is 821. The molecule has 3 rings (SSSR count). The number of aromatic amines is 1. The van der Waals surface area contributed by atoms with E-state index in [0.717, 1.165) is 33.5 Å². The molecule has 0 saturated carbocycles. The number of aryl methyl sites for hydroxylation is 2. The molecular weight excluding hydrogens is 254 g/mol. The topological polar surface area (TPSA) is 41.6 Å². The van der Waals surface area contributed by atoms with E-state index < -0.39 is 0 Å². The summed E-state index contributed by atoms with van der Waals surface area (Å²) in [6.45, 7) is 3.96. The minimum Gasteiger partial charge on any atom is -0.347 e. The summed E-state index contributed by atoms with van der Waals surface area (Å²) in [5, 5.41) is 1.09. The molecule has 0 unspecified atom stereocenters. The first-order valence-electron chi connectivity index (χ1n) is 6.08. The van der Waals surface area contributed by atoms with Crippen molar-refractivity contribution in [2.45, 2.75) is 13.8 Å². The predicted octanol–water partition coefficient (Wildman–Crippen LogP) is 3.97. The van der Waals surface area contributed by atoms with E-state index in [0.29, 0.717) is 4.64 Å². The lowest BCUT2D eigenvalue weighted by Gasteiger charge is -2.06. The normalized spacial score (nSPS) is 10.8. The van der Waals surface area contributed by atoms with E-state index in [1.165, 1.54) is 0 Å². The number of H-pyrrole nitrogens is 1. The van der Waals surface area contributed by atoms with Gasteiger partial charge in [-0.05, 0) is 32.0 Å². The van der Waals surface area contributed by atoms with Crippen LogP contribution in [0.1, 0.15) is 11.4 Å². The molecule has 0 saturated heterocycles. The van der Waals surface area contributed by atoms with E-state index in [9.17, 15) is 0 Å². The van der Waals surface area contributed by atoms with Crippen LogP contribution in [0.25, 0.3) is 22.2 Å². The van der Waals surface area contributed by atoms with Gasteiger partial charge < -0.3 is 4.98 Å². The van der Waals surface area contributed by atoms with Gasteiger partial charge in [-0.25, -0.2) is 4.98 Å². The molecule has 3 nitrogen and oxygen atoms in total. The third-order valence-corrected chi connectivity index (χ3v) is 3.51. The molecule has 0 fully saturated rings. The second kappa shape index (κ2) is 4.55. The van der Waals surface area contributed by atoms with Crippen LogP contribution in [0.3, 0.4) is 0 Å². The Balaban J connectivity index is 2.24. The Hall–Kier alpha value is -2.07. The van der Waals surface area contributed by atoms with E-state index in [1.807, 2.05) is 38.1 Å². The van der Waals surface area contributed by atoms with Crippen molar-refractivity contribution in [1.82, 2.24) is 15.0 Å². The Morgan fingerprint density at radius 3 is 2.84 bits per heavy atom. The van der Waals surface area contributed by atoms with Gasteiger partial charge in [0.1, 0.15) is 10.3 Å². The van der Waals surface area contributed by atoms with Crippen molar-refractivity contribution in [2.75, 3.05) is 0 Å². The molecule has 0 atom stereocenters. The summed E-state index contributed by atoms with van der Waals surface area (Å²) in [7, 11) is 0. The van der Waals surface area contributed by atoms with Gasteiger partial charge >= 0.3 is 0 Å². The predicted molar refractivity (Wildman–Crippen MR) is 79.6 cm³/mol. The smallest absolute Gasteiger partial charge is 0.130 e. The molecule has 0 spiro atoms. The summed E-state index contributed by atoms with van der Waals surface area (Å²) in [5.74, 6) is 0. The average Bonchev–Trinajstić information content (AvgIpc) is 2.42. The maximum atomic E-state index is 5.37. The Labute approximate surface area is 116 Å². The molecule has 2 heterocycles. The maximum Gasteiger partial charge on any atom is 0.130 e. The van der Waals surface area contributed by atoms with E-state index in [1.54, 1.807) is 6.20 Å². The van der Waals surface area contributed by atoms with Gasteiger partial charge in [-0.3, -0.25) is 4.98 Å². The molecular formula is C15H13N3S. The summed E-state index contributed by atoms with van der Waals surface area (Å²) in [6, 6.07) is 10.1. The number of hydrogen-bond donors (Lipinski definition) is 1. The average molecular weight is 267 g/mol. The Morgan fingerprint density at radius 1 is 1.16 bits per heavy atom. The van der Waals surface area contributed by atoms with Crippen LogP contribution >= 0.6 is 12.2 Å². The number of hydrogen-bond acceptors (Lipinski definition) is 3. The fourth-order valence-electron chi connectivity index (χ4n) is 2.04. The van der Waals surface area contributed by atoms with Crippen LogP contribution in [0.2, 0.25) is 0 Å². The zero-order chi connectivity index (χ0) is 13.4. The summed E-state index contributed by atoms with van der Waals surface area (Å²) >= 11 is 5.37. The van der Waals surface area contributed by atoms with E-state index >= 15 is 0 Å². The second-order valence-corrected chi connectivity index (χ2v) is 4.94. The monoisotopic (exact) mass is 267 g/mol. The van der Waals surface area contributed by atoms with E-state index in [-0.39, 0.29) is 0 Å². The summed E-state index contributed by atoms with van der Waals surface area (Å²) in [4.78, 5) is 12.1. The fourth-order valence-corrected chi connectivity index (χ4v) is 2.36. The highest BCUT2D eigenvalue weighted by Gasteiger charge is 2.06. The van der Waals surface area contributed by atoms with Crippen LogP contribution in [0, 0.1) is 18.5 Å². The van der Waals surface area contributed by atoms with Crippen LogP contribution < -0.4 is 0 Å². The lowest BCUT2D eigenvalue weighted by atomic mass is 10.1. The largest absolute Gasteiger partial charge is 0.347 e. The maximum absolute atomic E-state index is 5.37. The van der Waals surface area contributed by atoms with Crippen molar-refractivity contribution in [1.29, 1.82) is 0 Å². The third-order valence-electron chi connectivity index (χ3n) is 3.21. The van der Waals surface area contributed by atoms with Gasteiger partial charge in [0.05, 0.1) is 11.2 Å². The zero-order valence-corrected chi connectivity index (χ0v) is 11.6. The number of pyridine rings is 1. The first-order valence-corrected chi connectivity index (χ1v) is 6.48. The Kier molecular flexibility index (Phi) is 2.87. The van der Waals surface area contributed by atoms with Crippen molar-refractivity contribution in [2.24, 2.45) is 0 Å². The highest BCUT2D eigenvalue weighted by atomic mass is 32.1. The molecule has 0 aliphatic heterocycles. The second-order valence-electron chi connectivity index (χ2n) is 4.54. The van der Waals surface area contributed by atoms with Gasteiger partial charge in [-0.1, -0.05) is 24.4 Å². The molecule has 1 N–H and O–H groups in total. The van der Waals surface area contributed by atoms with Gasteiger partial charge in [-0.15, -0.1) is 0 Å². The van der Waals surface area contributed by atoms with Gasteiger partial charge in [0, 0.05) is 22.8 Å². The summed E-state index contributed by atoms with van der Waals surface area (Å²) in [5.41, 5.74) is 4.80. The van der Waals surface area contributed by atoms with Crippen LogP contribution in [0.5, 0.6) is 0 Å². The quantitative estimate of drug-likeness (QED) is 0.678. The number of benzene rings is 1. The van der Waals surface area contributed by atoms with Crippen LogP contribution in [0.4, 0.5) is 0 Å². The van der Waals surface area contributed by atoms with E-state index in [2.05, 4.69) is 21.0 Å². The number of nitrogens with zero attached hydrogens (tertiary/aromatic N) is 2. The fraction of sp³-hybridized carbons (Fsp3) is 0.133. The molecule has 0 bridgehead atoms. The molecule has 0 aliphatic rings. The van der Waals surface area contributed by atoms with Crippen molar-refractivity contribution in [3.05, 3.63) is 52.6 Å². The molecule has 0 radical (unpaired) electrons. The molecule has 0 aliphatic carbocycles. The highest BCUT2D eigenvalue weighted by molar-refractivity contribution is 7.71. The molecule has 4 heteroatoms. The van der Waals surface area contributed by atoms with Crippen LogP contribution in [-0.2, 0) is 0 Å². The number of fused-ring (bicyclic) bond motifs is 1. The summed E-state index contributed by atoms with van der Waals surface area (Å²) in [6.07, 6.45) is 1.79. The third kappa shape index (κ3) is 2.15. The molecule has 0 amide bonds. The van der Waals surface area contributed by atoms with Crippen LogP contribution in [-0.4, -0.2) is 15.0 Å². The van der Waals surface area contributed by atoms with Crippen molar-refractivity contribution >= 4 is 23.1 Å². The van der Waals surface area contributed by atoms with Gasteiger partial charge in [0.25, 0.3) is 0 Å². The van der Waals surface area contributed by atoms with Crippen molar-refractivity contribution < 1.29 is 0 Å². The molecule has 19 heavy (non-hydrogen) atoms. The van der Waals surface area contributed by atoms with Crippen molar-refractivity contribution in [3.63, 3.8) is 0 Å². The van der Waals surface area contributed by atoms with Crippen LogP contribution in [0.15, 0.2) is 36.5 Å². The van der Waals surface area contributed by atoms with E-state index in [4.69, 9.17) is 12.2 Å².